The van der Waals surface area contributed by atoms with Crippen molar-refractivity contribution in [2.75, 3.05) is 5.32 Å². The van der Waals surface area contributed by atoms with Gasteiger partial charge in [-0.1, -0.05) is 29.3 Å². The third-order valence-electron chi connectivity index (χ3n) is 2.42. The van der Waals surface area contributed by atoms with Crippen molar-refractivity contribution in [2.24, 2.45) is 0 Å². The second kappa shape index (κ2) is 5.55. The molecule has 0 aromatic heterocycles. The summed E-state index contributed by atoms with van der Waals surface area (Å²) in [7, 11) is 0. The van der Waals surface area contributed by atoms with Crippen LogP contribution in [0.1, 0.15) is 5.56 Å². The van der Waals surface area contributed by atoms with E-state index >= 15 is 0 Å². The van der Waals surface area contributed by atoms with Crippen molar-refractivity contribution in [1.82, 2.24) is 0 Å². The van der Waals surface area contributed by atoms with Crippen molar-refractivity contribution in [1.29, 1.82) is 0 Å². The Kier molecular flexibility index (Phi) is 4.04. The molecule has 0 aliphatic rings. The molecular weight excluding hydrogens is 279 g/mol. The van der Waals surface area contributed by atoms with Gasteiger partial charge >= 0.3 is 0 Å². The van der Waals surface area contributed by atoms with Gasteiger partial charge in [-0.25, -0.2) is 8.78 Å². The van der Waals surface area contributed by atoms with E-state index in [0.717, 1.165) is 0 Å². The smallest absolute Gasteiger partial charge is 0.143 e. The van der Waals surface area contributed by atoms with E-state index in [-0.39, 0.29) is 11.6 Å². The van der Waals surface area contributed by atoms with Gasteiger partial charge in [0.25, 0.3) is 0 Å². The van der Waals surface area contributed by atoms with Crippen molar-refractivity contribution >= 4 is 28.9 Å². The van der Waals surface area contributed by atoms with Gasteiger partial charge in [0, 0.05) is 22.8 Å². The van der Waals surface area contributed by atoms with Crippen LogP contribution in [0, 0.1) is 11.6 Å². The zero-order valence-electron chi connectivity index (χ0n) is 9.18. The lowest BCUT2D eigenvalue weighted by Crippen LogP contribution is -2.02. The average molecular weight is 288 g/mol. The van der Waals surface area contributed by atoms with E-state index in [4.69, 9.17) is 23.2 Å². The molecule has 0 heterocycles. The Morgan fingerprint density at radius 2 is 1.72 bits per heavy atom. The maximum Gasteiger partial charge on any atom is 0.143 e. The van der Waals surface area contributed by atoms with Crippen molar-refractivity contribution in [2.45, 2.75) is 6.54 Å². The number of anilines is 1. The minimum Gasteiger partial charge on any atom is -0.381 e. The van der Waals surface area contributed by atoms with Gasteiger partial charge in [0.1, 0.15) is 11.6 Å². The molecule has 0 radical (unpaired) electrons. The summed E-state index contributed by atoms with van der Waals surface area (Å²) in [5.74, 6) is -0.914. The maximum atomic E-state index is 13.5. The SMILES string of the molecule is Fc1cc(NCc2ccc(Cl)cc2F)ccc1Cl. The first-order chi connectivity index (χ1) is 8.56. The van der Waals surface area contributed by atoms with Gasteiger partial charge in [-0.05, 0) is 30.3 Å². The van der Waals surface area contributed by atoms with Crippen LogP contribution in [0.5, 0.6) is 0 Å². The molecule has 2 aromatic rings. The predicted molar refractivity (Wildman–Crippen MR) is 70.1 cm³/mol. The lowest BCUT2D eigenvalue weighted by atomic mass is 10.2. The number of hydrogen-bond acceptors (Lipinski definition) is 1. The van der Waals surface area contributed by atoms with E-state index in [1.807, 2.05) is 0 Å². The van der Waals surface area contributed by atoms with E-state index in [9.17, 15) is 8.78 Å². The highest BCUT2D eigenvalue weighted by Gasteiger charge is 2.04. The van der Waals surface area contributed by atoms with Gasteiger partial charge in [0.15, 0.2) is 0 Å². The van der Waals surface area contributed by atoms with Crippen LogP contribution in [0.3, 0.4) is 0 Å². The normalized spacial score (nSPS) is 10.4. The predicted octanol–water partition coefficient (Wildman–Crippen LogP) is 4.88. The topological polar surface area (TPSA) is 12.0 Å². The van der Waals surface area contributed by atoms with Crippen LogP contribution in [-0.4, -0.2) is 0 Å². The summed E-state index contributed by atoms with van der Waals surface area (Å²) in [6.07, 6.45) is 0. The van der Waals surface area contributed by atoms with Crippen LogP contribution in [0.15, 0.2) is 36.4 Å². The molecule has 0 bridgehead atoms. The molecule has 0 fully saturated rings. The third kappa shape index (κ3) is 3.12. The van der Waals surface area contributed by atoms with Crippen LogP contribution >= 0.6 is 23.2 Å². The Morgan fingerprint density at radius 3 is 2.39 bits per heavy atom. The average Bonchev–Trinajstić information content (AvgIpc) is 2.32. The van der Waals surface area contributed by atoms with Crippen molar-refractivity contribution < 1.29 is 8.78 Å². The fourth-order valence-electron chi connectivity index (χ4n) is 1.47. The Bertz CT molecular complexity index is 573. The van der Waals surface area contributed by atoms with Crippen molar-refractivity contribution in [3.8, 4) is 0 Å². The van der Waals surface area contributed by atoms with E-state index in [1.54, 1.807) is 18.2 Å². The molecule has 2 aromatic carbocycles. The zero-order chi connectivity index (χ0) is 13.1. The number of benzene rings is 2. The number of halogens is 4. The van der Waals surface area contributed by atoms with Gasteiger partial charge in [-0.2, -0.15) is 0 Å². The molecular formula is C13H9Cl2F2N. The Balaban J connectivity index is 2.09. The molecule has 1 N–H and O–H groups in total. The lowest BCUT2D eigenvalue weighted by molar-refractivity contribution is 0.613. The zero-order valence-corrected chi connectivity index (χ0v) is 10.7. The van der Waals surface area contributed by atoms with E-state index in [0.29, 0.717) is 16.3 Å². The summed E-state index contributed by atoms with van der Waals surface area (Å²) in [6.45, 7) is 0.240. The number of nitrogens with one attached hydrogen (secondary N) is 1. The Morgan fingerprint density at radius 1 is 0.944 bits per heavy atom. The van der Waals surface area contributed by atoms with Crippen molar-refractivity contribution in [3.05, 3.63) is 63.6 Å². The highest BCUT2D eigenvalue weighted by Crippen LogP contribution is 2.20. The molecule has 1 nitrogen and oxygen atoms in total. The van der Waals surface area contributed by atoms with Crippen LogP contribution < -0.4 is 5.32 Å². The van der Waals surface area contributed by atoms with Crippen LogP contribution in [0.25, 0.3) is 0 Å². The summed E-state index contributed by atoms with van der Waals surface area (Å²) < 4.78 is 26.7. The minimum absolute atomic E-state index is 0.0539. The number of rotatable bonds is 3. The van der Waals surface area contributed by atoms with Gasteiger partial charge in [-0.15, -0.1) is 0 Å². The highest BCUT2D eigenvalue weighted by atomic mass is 35.5. The molecule has 0 unspecified atom stereocenters. The summed E-state index contributed by atoms with van der Waals surface area (Å²) in [6, 6.07) is 8.74. The Labute approximate surface area is 113 Å². The Hall–Kier alpha value is -1.32. The standard InChI is InChI=1S/C13H9Cl2F2N/c14-9-2-1-8(12(16)5-9)7-18-10-3-4-11(15)13(17)6-10/h1-6,18H,7H2. The lowest BCUT2D eigenvalue weighted by Gasteiger charge is -2.08. The first-order valence-corrected chi connectivity index (χ1v) is 5.95. The summed E-state index contributed by atoms with van der Waals surface area (Å²) >= 11 is 11.2. The van der Waals surface area contributed by atoms with Gasteiger partial charge in [0.05, 0.1) is 5.02 Å². The summed E-state index contributed by atoms with van der Waals surface area (Å²) in [4.78, 5) is 0. The van der Waals surface area contributed by atoms with E-state index < -0.39 is 11.6 Å². The molecule has 0 atom stereocenters. The number of hydrogen-bond donors (Lipinski definition) is 1. The quantitative estimate of drug-likeness (QED) is 0.848. The van der Waals surface area contributed by atoms with Crippen LogP contribution in [0.4, 0.5) is 14.5 Å². The van der Waals surface area contributed by atoms with Gasteiger partial charge in [-0.3, -0.25) is 0 Å². The second-order valence-corrected chi connectivity index (χ2v) is 4.56. The fourth-order valence-corrected chi connectivity index (χ4v) is 1.74. The monoisotopic (exact) mass is 287 g/mol. The summed E-state index contributed by atoms with van der Waals surface area (Å²) in [5.41, 5.74) is 0.987. The first kappa shape index (κ1) is 13.1. The van der Waals surface area contributed by atoms with Gasteiger partial charge < -0.3 is 5.32 Å². The van der Waals surface area contributed by atoms with Crippen LogP contribution in [-0.2, 0) is 6.54 Å². The van der Waals surface area contributed by atoms with Crippen molar-refractivity contribution in [3.63, 3.8) is 0 Å². The molecule has 0 saturated carbocycles. The first-order valence-electron chi connectivity index (χ1n) is 5.19. The van der Waals surface area contributed by atoms with E-state index in [1.165, 1.54) is 18.2 Å². The molecule has 0 amide bonds. The third-order valence-corrected chi connectivity index (χ3v) is 2.96. The molecule has 5 heteroatoms. The van der Waals surface area contributed by atoms with Gasteiger partial charge in [0.2, 0.25) is 0 Å². The fraction of sp³-hybridized carbons (Fsp3) is 0.0769. The molecule has 0 aliphatic heterocycles. The molecule has 94 valence electrons. The van der Waals surface area contributed by atoms with Crippen LogP contribution in [0.2, 0.25) is 10.0 Å². The molecule has 0 aliphatic carbocycles. The maximum absolute atomic E-state index is 13.5. The molecule has 18 heavy (non-hydrogen) atoms. The molecule has 0 spiro atoms. The minimum atomic E-state index is -0.516. The second-order valence-electron chi connectivity index (χ2n) is 3.72. The molecule has 0 saturated heterocycles. The molecule has 2 rings (SSSR count). The van der Waals surface area contributed by atoms with E-state index in [2.05, 4.69) is 5.32 Å². The summed E-state index contributed by atoms with van der Waals surface area (Å²) in [5, 5.41) is 3.30. The largest absolute Gasteiger partial charge is 0.381 e. The highest BCUT2D eigenvalue weighted by molar-refractivity contribution is 6.31.